The summed E-state index contributed by atoms with van der Waals surface area (Å²) >= 11 is 0. The largest absolute Gasteiger partial charge is 0.444 e. The summed E-state index contributed by atoms with van der Waals surface area (Å²) in [7, 11) is 0. The second-order valence-electron chi connectivity index (χ2n) is 4.87. The zero-order chi connectivity index (χ0) is 16.2. The van der Waals surface area contributed by atoms with E-state index in [0.717, 1.165) is 11.3 Å². The van der Waals surface area contributed by atoms with Gasteiger partial charge >= 0.3 is 6.09 Å². The lowest BCUT2D eigenvalue weighted by molar-refractivity contribution is 0.155. The molecule has 23 heavy (non-hydrogen) atoms. The van der Waals surface area contributed by atoms with E-state index in [1.807, 2.05) is 36.4 Å². The number of benzene rings is 1. The highest BCUT2D eigenvalue weighted by Crippen LogP contribution is 2.17. The van der Waals surface area contributed by atoms with Crippen molar-refractivity contribution in [2.75, 3.05) is 5.32 Å². The van der Waals surface area contributed by atoms with Gasteiger partial charge in [-0.25, -0.2) is 9.78 Å². The third-order valence-electron chi connectivity index (χ3n) is 3.16. The first-order chi connectivity index (χ1) is 11.2. The van der Waals surface area contributed by atoms with Gasteiger partial charge in [-0.05, 0) is 12.5 Å². The highest BCUT2D eigenvalue weighted by atomic mass is 16.5. The van der Waals surface area contributed by atoms with E-state index in [9.17, 15) is 10.1 Å². The van der Waals surface area contributed by atoms with Crippen LogP contribution in [-0.4, -0.2) is 20.7 Å². The SMILES string of the molecule is Cc1cc2ncc(C#N)c(NC(=O)OCc3ccccc3)n2n1. The second kappa shape index (κ2) is 6.15. The van der Waals surface area contributed by atoms with Crippen LogP contribution in [0.1, 0.15) is 16.8 Å². The average molecular weight is 307 g/mol. The molecule has 0 unspecified atom stereocenters. The summed E-state index contributed by atoms with van der Waals surface area (Å²) in [6.45, 7) is 1.94. The van der Waals surface area contributed by atoms with Gasteiger partial charge in [0, 0.05) is 6.07 Å². The number of fused-ring (bicyclic) bond motifs is 1. The van der Waals surface area contributed by atoms with E-state index in [-0.39, 0.29) is 18.0 Å². The smallest absolute Gasteiger partial charge is 0.413 e. The Morgan fingerprint density at radius 2 is 2.17 bits per heavy atom. The van der Waals surface area contributed by atoms with Gasteiger partial charge in [0.25, 0.3) is 0 Å². The van der Waals surface area contributed by atoms with Crippen molar-refractivity contribution in [3.8, 4) is 6.07 Å². The monoisotopic (exact) mass is 307 g/mol. The van der Waals surface area contributed by atoms with E-state index < -0.39 is 6.09 Å². The molecule has 0 saturated carbocycles. The number of hydrogen-bond donors (Lipinski definition) is 1. The van der Waals surface area contributed by atoms with Crippen molar-refractivity contribution in [3.63, 3.8) is 0 Å². The van der Waals surface area contributed by atoms with Crippen LogP contribution in [0.4, 0.5) is 10.6 Å². The molecule has 0 radical (unpaired) electrons. The molecular weight excluding hydrogens is 294 g/mol. The summed E-state index contributed by atoms with van der Waals surface area (Å²) in [5.41, 5.74) is 2.35. The van der Waals surface area contributed by atoms with Crippen LogP contribution in [-0.2, 0) is 11.3 Å². The predicted octanol–water partition coefficient (Wildman–Crippen LogP) is 2.66. The predicted molar refractivity (Wildman–Crippen MR) is 82.7 cm³/mol. The van der Waals surface area contributed by atoms with Crippen LogP contribution in [0, 0.1) is 18.3 Å². The standard InChI is InChI=1S/C16H13N5O2/c1-11-7-14-18-9-13(8-17)15(21(14)20-11)19-16(22)23-10-12-5-3-2-4-6-12/h2-7,9H,10H2,1H3,(H,19,22). The van der Waals surface area contributed by atoms with E-state index in [4.69, 9.17) is 4.74 Å². The van der Waals surface area contributed by atoms with E-state index in [1.54, 1.807) is 13.0 Å². The first kappa shape index (κ1) is 14.5. The van der Waals surface area contributed by atoms with Gasteiger partial charge in [-0.2, -0.15) is 14.9 Å². The fourth-order valence-electron chi connectivity index (χ4n) is 2.11. The summed E-state index contributed by atoms with van der Waals surface area (Å²) in [6.07, 6.45) is 0.731. The molecule has 0 saturated heterocycles. The normalized spacial score (nSPS) is 10.3. The number of anilines is 1. The molecule has 0 aliphatic heterocycles. The Labute approximate surface area is 132 Å². The highest BCUT2D eigenvalue weighted by Gasteiger charge is 2.14. The van der Waals surface area contributed by atoms with Crippen LogP contribution in [0.5, 0.6) is 0 Å². The molecule has 1 N–H and O–H groups in total. The van der Waals surface area contributed by atoms with Gasteiger partial charge in [0.2, 0.25) is 0 Å². The zero-order valence-electron chi connectivity index (χ0n) is 12.4. The number of nitrogens with zero attached hydrogens (tertiary/aromatic N) is 4. The number of ether oxygens (including phenoxy) is 1. The minimum absolute atomic E-state index is 0.140. The number of aryl methyl sites for hydroxylation is 1. The molecule has 3 aromatic rings. The summed E-state index contributed by atoms with van der Waals surface area (Å²) < 4.78 is 6.58. The lowest BCUT2D eigenvalue weighted by atomic mass is 10.2. The maximum absolute atomic E-state index is 12.0. The van der Waals surface area contributed by atoms with Gasteiger partial charge in [0.15, 0.2) is 11.5 Å². The van der Waals surface area contributed by atoms with Crippen molar-refractivity contribution in [1.82, 2.24) is 14.6 Å². The fraction of sp³-hybridized carbons (Fsp3) is 0.125. The van der Waals surface area contributed by atoms with Crippen LogP contribution >= 0.6 is 0 Å². The Morgan fingerprint density at radius 3 is 2.91 bits per heavy atom. The molecule has 2 aromatic heterocycles. The number of aromatic nitrogens is 3. The number of amides is 1. The Morgan fingerprint density at radius 1 is 1.39 bits per heavy atom. The summed E-state index contributed by atoms with van der Waals surface area (Å²) in [4.78, 5) is 16.1. The molecule has 0 atom stereocenters. The van der Waals surface area contributed by atoms with Crippen LogP contribution in [0.3, 0.4) is 0 Å². The molecule has 0 aliphatic carbocycles. The van der Waals surface area contributed by atoms with Gasteiger partial charge in [-0.1, -0.05) is 30.3 Å². The molecule has 0 aliphatic rings. The first-order valence-electron chi connectivity index (χ1n) is 6.90. The van der Waals surface area contributed by atoms with E-state index in [0.29, 0.717) is 5.65 Å². The van der Waals surface area contributed by atoms with Crippen LogP contribution in [0.25, 0.3) is 5.65 Å². The molecular formula is C16H13N5O2. The lowest BCUT2D eigenvalue weighted by Crippen LogP contribution is -2.17. The number of nitriles is 1. The number of carbonyl (C=O) groups excluding carboxylic acids is 1. The van der Waals surface area contributed by atoms with E-state index in [1.165, 1.54) is 10.7 Å². The molecule has 0 spiro atoms. The van der Waals surface area contributed by atoms with Crippen LogP contribution in [0.2, 0.25) is 0 Å². The minimum atomic E-state index is -0.661. The molecule has 0 bridgehead atoms. The van der Waals surface area contributed by atoms with Crippen molar-refractivity contribution < 1.29 is 9.53 Å². The third-order valence-corrected chi connectivity index (χ3v) is 3.16. The van der Waals surface area contributed by atoms with E-state index >= 15 is 0 Å². The van der Waals surface area contributed by atoms with Crippen LogP contribution in [0.15, 0.2) is 42.6 Å². The molecule has 114 valence electrons. The molecule has 7 nitrogen and oxygen atoms in total. The lowest BCUT2D eigenvalue weighted by Gasteiger charge is -2.09. The molecule has 7 heteroatoms. The number of rotatable bonds is 3. The number of carbonyl (C=O) groups is 1. The Hall–Kier alpha value is -3.40. The van der Waals surface area contributed by atoms with Crippen molar-refractivity contribution in [2.24, 2.45) is 0 Å². The maximum atomic E-state index is 12.0. The second-order valence-corrected chi connectivity index (χ2v) is 4.87. The fourth-order valence-corrected chi connectivity index (χ4v) is 2.11. The Balaban J connectivity index is 1.80. The first-order valence-corrected chi connectivity index (χ1v) is 6.90. The van der Waals surface area contributed by atoms with Crippen molar-refractivity contribution in [3.05, 3.63) is 59.4 Å². The van der Waals surface area contributed by atoms with Crippen molar-refractivity contribution in [2.45, 2.75) is 13.5 Å². The highest BCUT2D eigenvalue weighted by molar-refractivity contribution is 5.85. The van der Waals surface area contributed by atoms with Gasteiger partial charge in [-0.3, -0.25) is 5.32 Å². The summed E-state index contributed by atoms with van der Waals surface area (Å²) in [5, 5.41) is 16.0. The van der Waals surface area contributed by atoms with Gasteiger partial charge in [-0.15, -0.1) is 0 Å². The van der Waals surface area contributed by atoms with Gasteiger partial charge < -0.3 is 4.74 Å². The van der Waals surface area contributed by atoms with Gasteiger partial charge in [0.1, 0.15) is 18.2 Å². The minimum Gasteiger partial charge on any atom is -0.444 e. The molecule has 2 heterocycles. The third kappa shape index (κ3) is 3.11. The molecule has 3 rings (SSSR count). The molecule has 0 fully saturated rings. The zero-order valence-corrected chi connectivity index (χ0v) is 12.4. The summed E-state index contributed by atoms with van der Waals surface area (Å²) in [6, 6.07) is 13.1. The Kier molecular flexibility index (Phi) is 3.89. The van der Waals surface area contributed by atoms with Crippen LogP contribution < -0.4 is 5.32 Å². The Bertz CT molecular complexity index is 896. The maximum Gasteiger partial charge on any atom is 0.413 e. The summed E-state index contributed by atoms with van der Waals surface area (Å²) in [5.74, 6) is 0.240. The molecule has 1 aromatic carbocycles. The van der Waals surface area contributed by atoms with Gasteiger partial charge in [0.05, 0.1) is 11.9 Å². The van der Waals surface area contributed by atoms with E-state index in [2.05, 4.69) is 15.4 Å². The average Bonchev–Trinajstić information content (AvgIpc) is 2.95. The van der Waals surface area contributed by atoms with Crippen molar-refractivity contribution in [1.29, 1.82) is 5.26 Å². The topological polar surface area (TPSA) is 92.3 Å². The number of nitrogens with one attached hydrogen (secondary N) is 1. The molecule has 1 amide bonds. The quantitative estimate of drug-likeness (QED) is 0.803. The van der Waals surface area contributed by atoms with Crippen molar-refractivity contribution >= 4 is 17.6 Å². The number of hydrogen-bond acceptors (Lipinski definition) is 5.